The summed E-state index contributed by atoms with van der Waals surface area (Å²) in [5.41, 5.74) is 3.53. The van der Waals surface area contributed by atoms with Gasteiger partial charge in [0.1, 0.15) is 0 Å². The number of aromatic nitrogens is 3. The van der Waals surface area contributed by atoms with E-state index in [1.54, 1.807) is 18.5 Å². The van der Waals surface area contributed by atoms with Crippen LogP contribution in [0.5, 0.6) is 0 Å². The molecule has 0 aliphatic carbocycles. The summed E-state index contributed by atoms with van der Waals surface area (Å²) >= 11 is 1.24. The molecule has 0 spiro atoms. The van der Waals surface area contributed by atoms with E-state index in [0.717, 1.165) is 16.8 Å². The third-order valence-corrected chi connectivity index (χ3v) is 5.40. The summed E-state index contributed by atoms with van der Waals surface area (Å²) in [5, 5.41) is 8.44. The first-order valence-electron chi connectivity index (χ1n) is 8.94. The summed E-state index contributed by atoms with van der Waals surface area (Å²) in [6.07, 6.45) is 5.47. The maximum absolute atomic E-state index is 13.1. The Kier molecular flexibility index (Phi) is 4.77. The Balaban J connectivity index is 1.52. The highest BCUT2D eigenvalue weighted by Gasteiger charge is 2.35. The average Bonchev–Trinajstić information content (AvgIpc) is 3.15. The molecular weight excluding hydrogens is 372 g/mol. The molecule has 6 nitrogen and oxygen atoms in total. The van der Waals surface area contributed by atoms with Crippen molar-refractivity contribution < 1.29 is 9.21 Å². The van der Waals surface area contributed by atoms with E-state index in [4.69, 9.17) is 4.42 Å². The van der Waals surface area contributed by atoms with Gasteiger partial charge in [-0.3, -0.25) is 9.78 Å². The number of pyridine rings is 1. The fraction of sp³-hybridized carbons (Fsp3) is 0.238. The lowest BCUT2D eigenvalue weighted by Crippen LogP contribution is -2.49. The lowest BCUT2D eigenvalue weighted by Gasteiger charge is -2.41. The number of nitrogens with zero attached hydrogens (tertiary/aromatic N) is 4. The van der Waals surface area contributed by atoms with Gasteiger partial charge < -0.3 is 9.32 Å². The van der Waals surface area contributed by atoms with E-state index in [2.05, 4.69) is 28.2 Å². The standard InChI is InChI=1S/C21H20N4O2S/c1-14-11-21(2,3)25(17-9-5-4-8-16(14)17)18(26)13-28-20-24-23-19(27-20)15-7-6-10-22-12-15/h4-12H,13H2,1-3H3. The van der Waals surface area contributed by atoms with Crippen molar-refractivity contribution in [3.8, 4) is 11.5 Å². The molecule has 0 atom stereocenters. The van der Waals surface area contributed by atoms with Crippen LogP contribution in [0, 0.1) is 0 Å². The number of anilines is 1. The molecule has 0 N–H and O–H groups in total. The predicted octanol–water partition coefficient (Wildman–Crippen LogP) is 4.45. The summed E-state index contributed by atoms with van der Waals surface area (Å²) in [6, 6.07) is 11.6. The number of amides is 1. The Morgan fingerprint density at radius 3 is 2.79 bits per heavy atom. The SMILES string of the molecule is CC1=CC(C)(C)N(C(=O)CSc2nnc(-c3cccnc3)o2)c2ccccc21. The molecule has 4 rings (SSSR count). The van der Waals surface area contributed by atoms with Crippen molar-refractivity contribution in [2.45, 2.75) is 31.5 Å². The van der Waals surface area contributed by atoms with E-state index in [1.165, 1.54) is 17.3 Å². The Morgan fingerprint density at radius 2 is 2.00 bits per heavy atom. The molecule has 1 aliphatic heterocycles. The molecule has 3 aromatic rings. The fourth-order valence-electron chi connectivity index (χ4n) is 3.50. The van der Waals surface area contributed by atoms with Gasteiger partial charge in [0.05, 0.1) is 22.5 Å². The number of hydrogen-bond donors (Lipinski definition) is 0. The van der Waals surface area contributed by atoms with Crippen molar-refractivity contribution in [1.82, 2.24) is 15.2 Å². The number of rotatable bonds is 4. The first-order valence-corrected chi connectivity index (χ1v) is 9.93. The Bertz CT molecular complexity index is 1040. The third-order valence-electron chi connectivity index (χ3n) is 4.60. The smallest absolute Gasteiger partial charge is 0.277 e. The van der Waals surface area contributed by atoms with Crippen molar-refractivity contribution in [1.29, 1.82) is 0 Å². The van der Waals surface area contributed by atoms with Crippen molar-refractivity contribution in [3.63, 3.8) is 0 Å². The molecule has 1 aromatic carbocycles. The number of carbonyl (C=O) groups is 1. The molecule has 0 saturated heterocycles. The first kappa shape index (κ1) is 18.4. The highest BCUT2D eigenvalue weighted by Crippen LogP contribution is 2.39. The van der Waals surface area contributed by atoms with Gasteiger partial charge in [0, 0.05) is 18.0 Å². The van der Waals surface area contributed by atoms with Crippen LogP contribution in [0.4, 0.5) is 5.69 Å². The fourth-order valence-corrected chi connectivity index (χ4v) is 4.11. The molecule has 3 heterocycles. The Labute approximate surface area is 167 Å². The van der Waals surface area contributed by atoms with Crippen LogP contribution in [-0.4, -0.2) is 32.4 Å². The van der Waals surface area contributed by atoms with Gasteiger partial charge in [0.2, 0.25) is 11.8 Å². The lowest BCUT2D eigenvalue weighted by atomic mass is 9.89. The minimum absolute atomic E-state index is 0.00710. The van der Waals surface area contributed by atoms with E-state index in [9.17, 15) is 4.79 Å². The molecule has 7 heteroatoms. The molecule has 1 amide bonds. The highest BCUT2D eigenvalue weighted by atomic mass is 32.2. The Morgan fingerprint density at radius 1 is 1.18 bits per heavy atom. The van der Waals surface area contributed by atoms with Gasteiger partial charge in [-0.05, 0) is 44.5 Å². The van der Waals surface area contributed by atoms with Crippen LogP contribution >= 0.6 is 11.8 Å². The van der Waals surface area contributed by atoms with Crippen LogP contribution in [0.1, 0.15) is 26.3 Å². The van der Waals surface area contributed by atoms with E-state index in [-0.39, 0.29) is 11.7 Å². The number of thioether (sulfide) groups is 1. The number of carbonyl (C=O) groups excluding carboxylic acids is 1. The number of allylic oxidation sites excluding steroid dienone is 1. The third kappa shape index (κ3) is 3.45. The van der Waals surface area contributed by atoms with E-state index < -0.39 is 5.54 Å². The largest absolute Gasteiger partial charge is 0.411 e. The van der Waals surface area contributed by atoms with Crippen molar-refractivity contribution in [2.24, 2.45) is 0 Å². The van der Waals surface area contributed by atoms with E-state index in [0.29, 0.717) is 11.1 Å². The molecule has 0 bridgehead atoms. The van der Waals surface area contributed by atoms with Gasteiger partial charge in [0.15, 0.2) is 0 Å². The lowest BCUT2D eigenvalue weighted by molar-refractivity contribution is -0.116. The van der Waals surface area contributed by atoms with Gasteiger partial charge in [-0.25, -0.2) is 0 Å². The number of fused-ring (bicyclic) bond motifs is 1. The van der Waals surface area contributed by atoms with Crippen molar-refractivity contribution in [3.05, 3.63) is 60.4 Å². The molecule has 142 valence electrons. The van der Waals surface area contributed by atoms with Gasteiger partial charge in [-0.1, -0.05) is 36.0 Å². The topological polar surface area (TPSA) is 72.1 Å². The van der Waals surface area contributed by atoms with Crippen molar-refractivity contribution in [2.75, 3.05) is 10.7 Å². The van der Waals surface area contributed by atoms with Gasteiger partial charge >= 0.3 is 0 Å². The maximum Gasteiger partial charge on any atom is 0.277 e. The summed E-state index contributed by atoms with van der Waals surface area (Å²) in [6.45, 7) is 6.17. The minimum Gasteiger partial charge on any atom is -0.411 e. The molecule has 1 aliphatic rings. The number of hydrogen-bond acceptors (Lipinski definition) is 6. The molecule has 2 aromatic heterocycles. The van der Waals surface area contributed by atoms with Crippen LogP contribution in [0.2, 0.25) is 0 Å². The van der Waals surface area contributed by atoms with Crippen LogP contribution in [0.15, 0.2) is 64.5 Å². The molecule has 0 radical (unpaired) electrons. The second-order valence-electron chi connectivity index (χ2n) is 7.13. The average molecular weight is 392 g/mol. The van der Waals surface area contributed by atoms with Crippen LogP contribution in [0.25, 0.3) is 17.0 Å². The van der Waals surface area contributed by atoms with E-state index >= 15 is 0 Å². The van der Waals surface area contributed by atoms with Gasteiger partial charge in [-0.15, -0.1) is 10.2 Å². The van der Waals surface area contributed by atoms with Crippen LogP contribution in [0.3, 0.4) is 0 Å². The summed E-state index contributed by atoms with van der Waals surface area (Å²) in [5.74, 6) is 0.594. The minimum atomic E-state index is -0.411. The Hall–Kier alpha value is -2.93. The summed E-state index contributed by atoms with van der Waals surface area (Å²) in [4.78, 5) is 19.0. The molecule has 0 saturated carbocycles. The summed E-state index contributed by atoms with van der Waals surface area (Å²) < 4.78 is 5.66. The normalized spacial score (nSPS) is 15.1. The first-order chi connectivity index (χ1) is 13.5. The van der Waals surface area contributed by atoms with E-state index in [1.807, 2.05) is 49.1 Å². The molecular formula is C21H20N4O2S. The zero-order chi connectivity index (χ0) is 19.7. The monoisotopic (exact) mass is 392 g/mol. The molecule has 0 fully saturated rings. The highest BCUT2D eigenvalue weighted by molar-refractivity contribution is 7.99. The summed E-state index contributed by atoms with van der Waals surface area (Å²) in [7, 11) is 0. The second-order valence-corrected chi connectivity index (χ2v) is 8.06. The van der Waals surface area contributed by atoms with Gasteiger partial charge in [0.25, 0.3) is 5.22 Å². The number of benzene rings is 1. The molecule has 28 heavy (non-hydrogen) atoms. The van der Waals surface area contributed by atoms with Gasteiger partial charge in [-0.2, -0.15) is 0 Å². The quantitative estimate of drug-likeness (QED) is 0.611. The van der Waals surface area contributed by atoms with Crippen LogP contribution in [-0.2, 0) is 4.79 Å². The predicted molar refractivity (Wildman–Crippen MR) is 110 cm³/mol. The van der Waals surface area contributed by atoms with Crippen LogP contribution < -0.4 is 4.90 Å². The second kappa shape index (κ2) is 7.24. The zero-order valence-corrected chi connectivity index (χ0v) is 16.7. The molecule has 0 unspecified atom stereocenters. The van der Waals surface area contributed by atoms with Crippen molar-refractivity contribution >= 4 is 28.9 Å². The maximum atomic E-state index is 13.1. The number of para-hydroxylation sites is 1. The zero-order valence-electron chi connectivity index (χ0n) is 15.9.